The maximum absolute atomic E-state index is 12.1. The third-order valence-electron chi connectivity index (χ3n) is 3.67. The molecule has 0 fully saturated rings. The van der Waals surface area contributed by atoms with Crippen molar-refractivity contribution in [2.24, 2.45) is 0 Å². The second-order valence-electron chi connectivity index (χ2n) is 5.81. The number of aromatic nitrogens is 3. The van der Waals surface area contributed by atoms with E-state index in [-0.39, 0.29) is 5.91 Å². The Labute approximate surface area is 162 Å². The van der Waals surface area contributed by atoms with Crippen molar-refractivity contribution in [2.75, 3.05) is 23.7 Å². The molecule has 2 heterocycles. The van der Waals surface area contributed by atoms with Gasteiger partial charge < -0.3 is 16.0 Å². The summed E-state index contributed by atoms with van der Waals surface area (Å²) in [6, 6.07) is 14.4. The van der Waals surface area contributed by atoms with E-state index in [1.807, 2.05) is 25.1 Å². The minimum atomic E-state index is -0.210. The first-order chi connectivity index (χ1) is 13.1. The zero-order valence-corrected chi connectivity index (χ0v) is 15.5. The number of hydrogen-bond donors (Lipinski definition) is 3. The predicted molar refractivity (Wildman–Crippen MR) is 107 cm³/mol. The highest BCUT2D eigenvalue weighted by Gasteiger charge is 2.08. The normalized spacial score (nSPS) is 10.3. The van der Waals surface area contributed by atoms with Crippen molar-refractivity contribution in [1.29, 1.82) is 0 Å². The van der Waals surface area contributed by atoms with Gasteiger partial charge in [-0.25, -0.2) is 4.98 Å². The molecule has 0 saturated heterocycles. The predicted octanol–water partition coefficient (Wildman–Crippen LogP) is 3.42. The lowest BCUT2D eigenvalue weighted by atomic mass is 10.2. The number of carbonyl (C=O) groups excluding carboxylic acids is 1. The summed E-state index contributed by atoms with van der Waals surface area (Å²) in [7, 11) is 0. The van der Waals surface area contributed by atoms with Gasteiger partial charge in [-0.3, -0.25) is 4.79 Å². The van der Waals surface area contributed by atoms with Gasteiger partial charge in [0.25, 0.3) is 5.91 Å². The summed E-state index contributed by atoms with van der Waals surface area (Å²) in [6.07, 6.45) is 1.73. The van der Waals surface area contributed by atoms with Crippen molar-refractivity contribution < 1.29 is 4.79 Å². The number of rotatable bonds is 7. The average molecular weight is 383 g/mol. The molecule has 0 spiro atoms. The quantitative estimate of drug-likeness (QED) is 0.542. The molecule has 2 aromatic heterocycles. The standard InChI is InChI=1S/C19H19ClN6O/c1-13-8-9-21-18(12-13)24-17-7-6-16(25-26-17)22-10-11-23-19(27)14-4-2-3-5-15(14)20/h2-9,12H,10-11H2,1H3,(H,22,25)(H,23,27)(H,21,24,26). The van der Waals surface area contributed by atoms with Gasteiger partial charge in [0.2, 0.25) is 0 Å². The first-order valence-corrected chi connectivity index (χ1v) is 8.79. The van der Waals surface area contributed by atoms with Gasteiger partial charge in [0.15, 0.2) is 5.82 Å². The number of pyridine rings is 1. The fourth-order valence-corrected chi connectivity index (χ4v) is 2.56. The van der Waals surface area contributed by atoms with Crippen LogP contribution in [0.4, 0.5) is 17.5 Å². The molecule has 7 nitrogen and oxygen atoms in total. The highest BCUT2D eigenvalue weighted by Crippen LogP contribution is 2.15. The number of nitrogens with one attached hydrogen (secondary N) is 3. The number of benzene rings is 1. The third kappa shape index (κ3) is 5.39. The van der Waals surface area contributed by atoms with Crippen LogP contribution in [0, 0.1) is 6.92 Å². The van der Waals surface area contributed by atoms with Crippen LogP contribution in [0.5, 0.6) is 0 Å². The van der Waals surface area contributed by atoms with Crippen LogP contribution in [-0.2, 0) is 0 Å². The van der Waals surface area contributed by atoms with Gasteiger partial charge in [-0.2, -0.15) is 0 Å². The molecule has 0 aliphatic heterocycles. The molecule has 1 aromatic carbocycles. The minimum Gasteiger partial charge on any atom is -0.367 e. The molecule has 0 aliphatic carbocycles. The Morgan fingerprint density at radius 1 is 1.00 bits per heavy atom. The van der Waals surface area contributed by atoms with E-state index in [0.29, 0.717) is 41.1 Å². The number of halogens is 1. The molecular formula is C19H19ClN6O. The summed E-state index contributed by atoms with van der Waals surface area (Å²) in [5.74, 6) is 1.72. The second kappa shape index (κ2) is 8.95. The lowest BCUT2D eigenvalue weighted by Crippen LogP contribution is -2.29. The molecule has 0 radical (unpaired) electrons. The van der Waals surface area contributed by atoms with Crippen molar-refractivity contribution in [1.82, 2.24) is 20.5 Å². The van der Waals surface area contributed by atoms with Crippen molar-refractivity contribution >= 4 is 35.0 Å². The van der Waals surface area contributed by atoms with Crippen molar-refractivity contribution in [3.63, 3.8) is 0 Å². The maximum atomic E-state index is 12.1. The summed E-state index contributed by atoms with van der Waals surface area (Å²) < 4.78 is 0. The van der Waals surface area contributed by atoms with Crippen LogP contribution in [0.15, 0.2) is 54.7 Å². The fraction of sp³-hybridized carbons (Fsp3) is 0.158. The van der Waals surface area contributed by atoms with E-state index in [2.05, 4.69) is 31.1 Å². The van der Waals surface area contributed by atoms with E-state index < -0.39 is 0 Å². The smallest absolute Gasteiger partial charge is 0.252 e. The van der Waals surface area contributed by atoms with E-state index in [4.69, 9.17) is 11.6 Å². The number of aryl methyl sites for hydroxylation is 1. The Balaban J connectivity index is 1.45. The third-order valence-corrected chi connectivity index (χ3v) is 4.00. The molecule has 0 aliphatic rings. The van der Waals surface area contributed by atoms with Gasteiger partial charge in [0.1, 0.15) is 11.6 Å². The van der Waals surface area contributed by atoms with Crippen LogP contribution in [0.25, 0.3) is 0 Å². The highest BCUT2D eigenvalue weighted by atomic mass is 35.5. The molecular weight excluding hydrogens is 364 g/mol. The molecule has 1 amide bonds. The Morgan fingerprint density at radius 2 is 1.78 bits per heavy atom. The van der Waals surface area contributed by atoms with Gasteiger partial charge in [0.05, 0.1) is 10.6 Å². The Morgan fingerprint density at radius 3 is 2.52 bits per heavy atom. The molecule has 0 atom stereocenters. The molecule has 3 aromatic rings. The summed E-state index contributed by atoms with van der Waals surface area (Å²) in [5, 5.41) is 17.6. The fourth-order valence-electron chi connectivity index (χ4n) is 2.34. The maximum Gasteiger partial charge on any atom is 0.252 e. The minimum absolute atomic E-state index is 0.210. The lowest BCUT2D eigenvalue weighted by Gasteiger charge is -2.09. The second-order valence-corrected chi connectivity index (χ2v) is 6.22. The first kappa shape index (κ1) is 18.6. The van der Waals surface area contributed by atoms with Crippen molar-refractivity contribution in [3.8, 4) is 0 Å². The number of anilines is 3. The molecule has 0 bridgehead atoms. The van der Waals surface area contributed by atoms with Crippen LogP contribution in [0.2, 0.25) is 5.02 Å². The van der Waals surface area contributed by atoms with Gasteiger partial charge >= 0.3 is 0 Å². The van der Waals surface area contributed by atoms with Crippen LogP contribution in [-0.4, -0.2) is 34.2 Å². The van der Waals surface area contributed by atoms with Gasteiger partial charge in [-0.05, 0) is 48.9 Å². The van der Waals surface area contributed by atoms with Gasteiger partial charge in [-0.1, -0.05) is 23.7 Å². The monoisotopic (exact) mass is 382 g/mol. The number of carbonyl (C=O) groups is 1. The lowest BCUT2D eigenvalue weighted by molar-refractivity contribution is 0.0955. The van der Waals surface area contributed by atoms with Crippen molar-refractivity contribution in [3.05, 3.63) is 70.9 Å². The summed E-state index contributed by atoms with van der Waals surface area (Å²) in [5.41, 5.74) is 1.57. The Hall–Kier alpha value is -3.19. The largest absolute Gasteiger partial charge is 0.367 e. The summed E-state index contributed by atoms with van der Waals surface area (Å²) in [6.45, 7) is 2.94. The van der Waals surface area contributed by atoms with Crippen LogP contribution >= 0.6 is 11.6 Å². The van der Waals surface area contributed by atoms with E-state index in [0.717, 1.165) is 5.56 Å². The number of nitrogens with zero attached hydrogens (tertiary/aromatic N) is 3. The molecule has 3 rings (SSSR count). The van der Waals surface area contributed by atoms with Gasteiger partial charge in [-0.15, -0.1) is 10.2 Å². The Bertz CT molecular complexity index is 916. The van der Waals surface area contributed by atoms with E-state index in [9.17, 15) is 4.79 Å². The SMILES string of the molecule is Cc1ccnc(Nc2ccc(NCCNC(=O)c3ccccc3Cl)nn2)c1. The average Bonchev–Trinajstić information content (AvgIpc) is 2.67. The number of amides is 1. The summed E-state index contributed by atoms with van der Waals surface area (Å²) in [4.78, 5) is 16.3. The highest BCUT2D eigenvalue weighted by molar-refractivity contribution is 6.33. The molecule has 3 N–H and O–H groups in total. The zero-order chi connectivity index (χ0) is 19.1. The van der Waals surface area contributed by atoms with E-state index >= 15 is 0 Å². The van der Waals surface area contributed by atoms with Crippen LogP contribution in [0.1, 0.15) is 15.9 Å². The van der Waals surface area contributed by atoms with E-state index in [1.54, 1.807) is 36.5 Å². The summed E-state index contributed by atoms with van der Waals surface area (Å²) >= 11 is 6.00. The molecule has 138 valence electrons. The van der Waals surface area contributed by atoms with Gasteiger partial charge in [0, 0.05) is 19.3 Å². The number of hydrogen-bond acceptors (Lipinski definition) is 6. The molecule has 27 heavy (non-hydrogen) atoms. The molecule has 8 heteroatoms. The topological polar surface area (TPSA) is 91.8 Å². The van der Waals surface area contributed by atoms with Crippen molar-refractivity contribution in [2.45, 2.75) is 6.92 Å². The zero-order valence-electron chi connectivity index (χ0n) is 14.7. The molecule has 0 unspecified atom stereocenters. The molecule has 0 saturated carbocycles. The van der Waals surface area contributed by atoms with Crippen LogP contribution in [0.3, 0.4) is 0 Å². The first-order valence-electron chi connectivity index (χ1n) is 8.42. The van der Waals surface area contributed by atoms with E-state index in [1.165, 1.54) is 0 Å². The van der Waals surface area contributed by atoms with Crippen LogP contribution < -0.4 is 16.0 Å². The Kier molecular flexibility index (Phi) is 6.17.